The molecule has 0 aromatic heterocycles. The number of nitrogens with zero attached hydrogens (tertiary/aromatic N) is 1. The molecular formula is C14H20Br2N2O. The maximum Gasteiger partial charge on any atom is 0.135 e. The Morgan fingerprint density at radius 2 is 2.11 bits per heavy atom. The zero-order chi connectivity index (χ0) is 14.0. The van der Waals surface area contributed by atoms with E-state index >= 15 is 0 Å². The highest BCUT2D eigenvalue weighted by atomic mass is 79.9. The van der Waals surface area contributed by atoms with Gasteiger partial charge in [-0.2, -0.15) is 0 Å². The van der Waals surface area contributed by atoms with Gasteiger partial charge in [0, 0.05) is 35.7 Å². The summed E-state index contributed by atoms with van der Waals surface area (Å²) in [5.74, 6) is 0.872. The summed E-state index contributed by atoms with van der Waals surface area (Å²) < 4.78 is 7.48. The summed E-state index contributed by atoms with van der Waals surface area (Å²) >= 11 is 7.19. The summed E-state index contributed by atoms with van der Waals surface area (Å²) in [6, 6.07) is 5.19. The van der Waals surface area contributed by atoms with Gasteiger partial charge in [-0.25, -0.2) is 0 Å². The topological polar surface area (TPSA) is 24.5 Å². The number of methoxy groups -OCH3 is 1. The lowest BCUT2D eigenvalue weighted by Gasteiger charge is -2.40. The normalized spacial score (nSPS) is 23.5. The Kier molecular flexibility index (Phi) is 5.15. The second-order valence-electron chi connectivity index (χ2n) is 4.95. The van der Waals surface area contributed by atoms with Gasteiger partial charge in [-0.1, -0.05) is 6.92 Å². The van der Waals surface area contributed by atoms with Crippen molar-refractivity contribution in [2.24, 2.45) is 0 Å². The molecule has 1 saturated heterocycles. The molecule has 0 aliphatic carbocycles. The maximum absolute atomic E-state index is 5.41. The highest BCUT2D eigenvalue weighted by Crippen LogP contribution is 2.37. The quantitative estimate of drug-likeness (QED) is 0.847. The van der Waals surface area contributed by atoms with Crippen LogP contribution in [0.1, 0.15) is 20.3 Å². The molecule has 5 heteroatoms. The van der Waals surface area contributed by atoms with Crippen molar-refractivity contribution in [2.45, 2.75) is 32.4 Å². The van der Waals surface area contributed by atoms with Crippen LogP contribution in [0.15, 0.2) is 21.1 Å². The Hall–Kier alpha value is -0.260. The fraction of sp³-hybridized carbons (Fsp3) is 0.571. The van der Waals surface area contributed by atoms with E-state index in [9.17, 15) is 0 Å². The Morgan fingerprint density at radius 3 is 2.74 bits per heavy atom. The molecule has 1 aliphatic heterocycles. The number of ether oxygens (including phenoxy) is 1. The van der Waals surface area contributed by atoms with Crippen molar-refractivity contribution in [3.63, 3.8) is 0 Å². The third-order valence-corrected chi connectivity index (χ3v) is 4.93. The first kappa shape index (κ1) is 15.1. The van der Waals surface area contributed by atoms with Crippen molar-refractivity contribution in [3.05, 3.63) is 21.1 Å². The lowest BCUT2D eigenvalue weighted by Crippen LogP contribution is -2.55. The average molecular weight is 392 g/mol. The molecule has 0 bridgehead atoms. The van der Waals surface area contributed by atoms with Crippen molar-refractivity contribution in [1.82, 2.24) is 5.32 Å². The van der Waals surface area contributed by atoms with Crippen LogP contribution in [0.5, 0.6) is 5.75 Å². The molecule has 1 heterocycles. The van der Waals surface area contributed by atoms with Crippen LogP contribution < -0.4 is 15.0 Å². The molecule has 2 rings (SSSR count). The van der Waals surface area contributed by atoms with Crippen LogP contribution in [0.2, 0.25) is 0 Å². The summed E-state index contributed by atoms with van der Waals surface area (Å²) in [5.41, 5.74) is 1.20. The SMILES string of the molecule is CCC1CN(c2cc(OC)c(Br)cc2Br)C(C)CN1. The average Bonchev–Trinajstić information content (AvgIpc) is 2.40. The van der Waals surface area contributed by atoms with E-state index < -0.39 is 0 Å². The number of hydrogen-bond donors (Lipinski definition) is 1. The number of anilines is 1. The van der Waals surface area contributed by atoms with Crippen LogP contribution in [0.4, 0.5) is 5.69 Å². The molecule has 0 saturated carbocycles. The van der Waals surface area contributed by atoms with Gasteiger partial charge in [0.15, 0.2) is 0 Å². The van der Waals surface area contributed by atoms with Gasteiger partial charge < -0.3 is 15.0 Å². The van der Waals surface area contributed by atoms with Crippen LogP contribution in [0.25, 0.3) is 0 Å². The van der Waals surface area contributed by atoms with Crippen molar-refractivity contribution in [2.75, 3.05) is 25.1 Å². The van der Waals surface area contributed by atoms with Crippen LogP contribution in [0, 0.1) is 0 Å². The lowest BCUT2D eigenvalue weighted by molar-refractivity contribution is 0.394. The standard InChI is InChI=1S/C14H20Br2N2O/c1-4-10-8-18(9(2)7-17-10)13-6-14(19-3)12(16)5-11(13)15/h5-6,9-10,17H,4,7-8H2,1-3H3. The van der Waals surface area contributed by atoms with Gasteiger partial charge in [0.25, 0.3) is 0 Å². The molecule has 1 N–H and O–H groups in total. The highest BCUT2D eigenvalue weighted by Gasteiger charge is 2.26. The minimum absolute atomic E-state index is 0.477. The third kappa shape index (κ3) is 3.26. The molecule has 106 valence electrons. The number of rotatable bonds is 3. The van der Waals surface area contributed by atoms with Crippen LogP contribution in [-0.4, -0.2) is 32.3 Å². The van der Waals surface area contributed by atoms with Crippen molar-refractivity contribution < 1.29 is 4.74 Å². The fourth-order valence-corrected chi connectivity index (χ4v) is 3.82. The molecule has 1 aromatic carbocycles. The van der Waals surface area contributed by atoms with Crippen LogP contribution >= 0.6 is 31.9 Å². The number of piperazine rings is 1. The summed E-state index contributed by atoms with van der Waals surface area (Å²) in [4.78, 5) is 2.45. The summed E-state index contributed by atoms with van der Waals surface area (Å²) in [6.45, 7) is 6.52. The molecule has 0 radical (unpaired) electrons. The van der Waals surface area contributed by atoms with Crippen LogP contribution in [-0.2, 0) is 0 Å². The molecule has 1 aromatic rings. The van der Waals surface area contributed by atoms with Gasteiger partial charge in [-0.15, -0.1) is 0 Å². The van der Waals surface area contributed by atoms with E-state index in [1.807, 2.05) is 0 Å². The molecule has 2 atom stereocenters. The van der Waals surface area contributed by atoms with Gasteiger partial charge in [0.05, 0.1) is 17.3 Å². The summed E-state index contributed by atoms with van der Waals surface area (Å²) in [5, 5.41) is 3.58. The Morgan fingerprint density at radius 1 is 1.37 bits per heavy atom. The first-order chi connectivity index (χ1) is 9.06. The monoisotopic (exact) mass is 390 g/mol. The first-order valence-electron chi connectivity index (χ1n) is 6.59. The zero-order valence-corrected chi connectivity index (χ0v) is 14.7. The summed E-state index contributed by atoms with van der Waals surface area (Å²) in [7, 11) is 1.70. The van der Waals surface area contributed by atoms with Gasteiger partial charge in [0.1, 0.15) is 5.75 Å². The Labute approximate surface area is 132 Å². The summed E-state index contributed by atoms with van der Waals surface area (Å²) in [6.07, 6.45) is 1.15. The smallest absolute Gasteiger partial charge is 0.135 e. The number of halogens is 2. The molecular weight excluding hydrogens is 372 g/mol. The zero-order valence-electron chi connectivity index (χ0n) is 11.5. The van der Waals surface area contributed by atoms with E-state index in [0.717, 1.165) is 34.2 Å². The minimum Gasteiger partial charge on any atom is -0.495 e. The predicted molar refractivity (Wildman–Crippen MR) is 87.3 cm³/mol. The maximum atomic E-state index is 5.41. The van der Waals surface area contributed by atoms with E-state index in [0.29, 0.717) is 12.1 Å². The largest absolute Gasteiger partial charge is 0.495 e. The first-order valence-corrected chi connectivity index (χ1v) is 8.18. The molecule has 2 unspecified atom stereocenters. The molecule has 3 nitrogen and oxygen atoms in total. The number of benzene rings is 1. The van der Waals surface area contributed by atoms with Crippen LogP contribution in [0.3, 0.4) is 0 Å². The van der Waals surface area contributed by atoms with E-state index in [-0.39, 0.29) is 0 Å². The van der Waals surface area contributed by atoms with Crippen molar-refractivity contribution >= 4 is 37.5 Å². The number of hydrogen-bond acceptors (Lipinski definition) is 3. The Bertz CT molecular complexity index is 453. The number of nitrogens with one attached hydrogen (secondary N) is 1. The second kappa shape index (κ2) is 6.46. The molecule has 19 heavy (non-hydrogen) atoms. The minimum atomic E-state index is 0.477. The van der Waals surface area contributed by atoms with Gasteiger partial charge in [-0.3, -0.25) is 0 Å². The van der Waals surface area contributed by atoms with Gasteiger partial charge >= 0.3 is 0 Å². The second-order valence-corrected chi connectivity index (χ2v) is 6.66. The van der Waals surface area contributed by atoms with Crippen molar-refractivity contribution in [1.29, 1.82) is 0 Å². The molecule has 0 spiro atoms. The molecule has 1 fully saturated rings. The van der Waals surface area contributed by atoms with Crippen molar-refractivity contribution in [3.8, 4) is 5.75 Å². The van der Waals surface area contributed by atoms with Gasteiger partial charge in [0.2, 0.25) is 0 Å². The predicted octanol–water partition coefficient (Wildman–Crippen LogP) is 3.80. The Balaban J connectivity index is 2.33. The highest BCUT2D eigenvalue weighted by molar-refractivity contribution is 9.11. The third-order valence-electron chi connectivity index (χ3n) is 3.67. The lowest BCUT2D eigenvalue weighted by atomic mass is 10.1. The van der Waals surface area contributed by atoms with E-state index in [1.54, 1.807) is 7.11 Å². The fourth-order valence-electron chi connectivity index (χ4n) is 2.43. The molecule has 1 aliphatic rings. The van der Waals surface area contributed by atoms with E-state index in [4.69, 9.17) is 4.74 Å². The van der Waals surface area contributed by atoms with Gasteiger partial charge in [-0.05, 0) is 51.3 Å². The van der Waals surface area contributed by atoms with E-state index in [1.165, 1.54) is 5.69 Å². The molecule has 0 amide bonds. The van der Waals surface area contributed by atoms with E-state index in [2.05, 4.69) is 68.1 Å².